The maximum Gasteiger partial charge on any atom is 0.290 e. The second-order valence-electron chi connectivity index (χ2n) is 6.42. The number of hydrogen-bond donors (Lipinski definition) is 1. The SMILES string of the molecule is C[C@@H]1CCCN(C(=O)[C@H](C)n2nc(-c3cccs3)cc(N)c2=O)C1. The van der Waals surface area contributed by atoms with Gasteiger partial charge in [0, 0.05) is 13.1 Å². The molecular weight excluding hydrogens is 324 g/mol. The molecule has 3 heterocycles. The lowest BCUT2D eigenvalue weighted by atomic mass is 10.00. The summed E-state index contributed by atoms with van der Waals surface area (Å²) in [7, 11) is 0. The number of piperidine rings is 1. The van der Waals surface area contributed by atoms with Crippen LogP contribution >= 0.6 is 11.3 Å². The Morgan fingerprint density at radius 1 is 1.50 bits per heavy atom. The molecule has 2 atom stereocenters. The molecule has 2 aromatic heterocycles. The van der Waals surface area contributed by atoms with E-state index in [-0.39, 0.29) is 11.6 Å². The van der Waals surface area contributed by atoms with Gasteiger partial charge >= 0.3 is 0 Å². The van der Waals surface area contributed by atoms with Gasteiger partial charge in [0.1, 0.15) is 17.4 Å². The predicted octanol–water partition coefficient (Wildman–Crippen LogP) is 2.37. The number of nitrogens with zero attached hydrogens (tertiary/aromatic N) is 3. The molecule has 1 amide bonds. The maximum atomic E-state index is 12.8. The van der Waals surface area contributed by atoms with Gasteiger partial charge in [0.15, 0.2) is 0 Å². The molecule has 2 N–H and O–H groups in total. The Morgan fingerprint density at radius 3 is 2.96 bits per heavy atom. The smallest absolute Gasteiger partial charge is 0.290 e. The van der Waals surface area contributed by atoms with E-state index in [1.54, 1.807) is 13.0 Å². The van der Waals surface area contributed by atoms with Crippen molar-refractivity contribution in [3.05, 3.63) is 33.9 Å². The van der Waals surface area contributed by atoms with Crippen molar-refractivity contribution < 1.29 is 4.79 Å². The van der Waals surface area contributed by atoms with Crippen LogP contribution in [-0.2, 0) is 4.79 Å². The largest absolute Gasteiger partial charge is 0.394 e. The third-order valence-electron chi connectivity index (χ3n) is 4.43. The first-order chi connectivity index (χ1) is 11.5. The van der Waals surface area contributed by atoms with Crippen LogP contribution in [0.4, 0.5) is 5.69 Å². The molecule has 7 heteroatoms. The predicted molar refractivity (Wildman–Crippen MR) is 95.9 cm³/mol. The zero-order chi connectivity index (χ0) is 17.3. The second kappa shape index (κ2) is 6.76. The molecule has 2 aromatic rings. The van der Waals surface area contributed by atoms with E-state index in [4.69, 9.17) is 5.73 Å². The third-order valence-corrected chi connectivity index (χ3v) is 5.32. The van der Waals surface area contributed by atoms with E-state index >= 15 is 0 Å². The summed E-state index contributed by atoms with van der Waals surface area (Å²) >= 11 is 1.52. The monoisotopic (exact) mass is 346 g/mol. The highest BCUT2D eigenvalue weighted by atomic mass is 32.1. The number of thiophene rings is 1. The average Bonchev–Trinajstić information content (AvgIpc) is 3.10. The molecule has 1 aliphatic rings. The van der Waals surface area contributed by atoms with Crippen LogP contribution in [0.2, 0.25) is 0 Å². The Hall–Kier alpha value is -2.15. The second-order valence-corrected chi connectivity index (χ2v) is 7.37. The molecule has 1 fully saturated rings. The van der Waals surface area contributed by atoms with Gasteiger partial charge in [-0.3, -0.25) is 9.59 Å². The van der Waals surface area contributed by atoms with E-state index in [1.165, 1.54) is 16.0 Å². The van der Waals surface area contributed by atoms with Crippen molar-refractivity contribution in [2.45, 2.75) is 32.7 Å². The highest BCUT2D eigenvalue weighted by Gasteiger charge is 2.27. The van der Waals surface area contributed by atoms with Crippen molar-refractivity contribution in [3.8, 4) is 10.6 Å². The third kappa shape index (κ3) is 3.21. The van der Waals surface area contributed by atoms with Crippen molar-refractivity contribution >= 4 is 22.9 Å². The molecule has 0 saturated carbocycles. The van der Waals surface area contributed by atoms with E-state index in [2.05, 4.69) is 12.0 Å². The number of rotatable bonds is 3. The summed E-state index contributed by atoms with van der Waals surface area (Å²) in [5.74, 6) is 0.418. The van der Waals surface area contributed by atoms with Gasteiger partial charge in [-0.2, -0.15) is 5.10 Å². The molecule has 0 aliphatic carbocycles. The highest BCUT2D eigenvalue weighted by molar-refractivity contribution is 7.13. The maximum absolute atomic E-state index is 12.8. The Labute approximate surface area is 144 Å². The summed E-state index contributed by atoms with van der Waals surface area (Å²) in [6.45, 7) is 5.33. The number of aromatic nitrogens is 2. The van der Waals surface area contributed by atoms with E-state index in [0.29, 0.717) is 11.6 Å². The normalized spacial score (nSPS) is 19.2. The van der Waals surface area contributed by atoms with Crippen molar-refractivity contribution in [1.29, 1.82) is 0 Å². The minimum Gasteiger partial charge on any atom is -0.394 e. The van der Waals surface area contributed by atoms with Crippen LogP contribution in [0.1, 0.15) is 32.7 Å². The van der Waals surface area contributed by atoms with Gasteiger partial charge in [-0.15, -0.1) is 11.3 Å². The molecule has 0 spiro atoms. The summed E-state index contributed by atoms with van der Waals surface area (Å²) < 4.78 is 1.23. The molecule has 0 unspecified atom stereocenters. The fourth-order valence-electron chi connectivity index (χ4n) is 3.10. The Balaban J connectivity index is 1.93. The van der Waals surface area contributed by atoms with Crippen LogP contribution in [0.25, 0.3) is 10.6 Å². The van der Waals surface area contributed by atoms with E-state index in [9.17, 15) is 9.59 Å². The van der Waals surface area contributed by atoms with Crippen LogP contribution in [0.5, 0.6) is 0 Å². The van der Waals surface area contributed by atoms with E-state index < -0.39 is 11.6 Å². The molecular formula is C17H22N4O2S. The first kappa shape index (κ1) is 16.7. The molecule has 6 nitrogen and oxygen atoms in total. The van der Waals surface area contributed by atoms with Gasteiger partial charge in [0.05, 0.1) is 4.88 Å². The van der Waals surface area contributed by atoms with Gasteiger partial charge in [-0.25, -0.2) is 4.68 Å². The number of nitrogens with two attached hydrogens (primary N) is 1. The van der Waals surface area contributed by atoms with Crippen molar-refractivity contribution in [1.82, 2.24) is 14.7 Å². The number of carbonyl (C=O) groups excluding carboxylic acids is 1. The fourth-order valence-corrected chi connectivity index (χ4v) is 3.78. The summed E-state index contributed by atoms with van der Waals surface area (Å²) in [4.78, 5) is 27.9. The van der Waals surface area contributed by atoms with E-state index in [0.717, 1.165) is 30.8 Å². The summed E-state index contributed by atoms with van der Waals surface area (Å²) in [5.41, 5.74) is 6.19. The van der Waals surface area contributed by atoms with Crippen LogP contribution in [-0.4, -0.2) is 33.7 Å². The standard InChI is InChI=1S/C17H22N4O2S/c1-11-5-3-7-20(10-11)16(22)12(2)21-17(23)13(18)9-14(19-21)15-6-4-8-24-15/h4,6,8-9,11-12H,3,5,7,10,18H2,1-2H3/t11-,12+/m1/s1. The number of amides is 1. The molecule has 0 radical (unpaired) electrons. The molecule has 3 rings (SSSR count). The number of carbonyl (C=O) groups is 1. The first-order valence-electron chi connectivity index (χ1n) is 8.19. The summed E-state index contributed by atoms with van der Waals surface area (Å²) in [5, 5.41) is 6.33. The van der Waals surface area contributed by atoms with Crippen LogP contribution < -0.4 is 11.3 Å². The Bertz CT molecular complexity index is 784. The van der Waals surface area contributed by atoms with Crippen molar-refractivity contribution in [2.75, 3.05) is 18.8 Å². The van der Waals surface area contributed by atoms with E-state index in [1.807, 2.05) is 22.4 Å². The molecule has 1 saturated heterocycles. The quantitative estimate of drug-likeness (QED) is 0.925. The zero-order valence-electron chi connectivity index (χ0n) is 13.9. The highest BCUT2D eigenvalue weighted by Crippen LogP contribution is 2.24. The lowest BCUT2D eigenvalue weighted by molar-refractivity contribution is -0.136. The van der Waals surface area contributed by atoms with Crippen LogP contribution in [0.3, 0.4) is 0 Å². The first-order valence-corrected chi connectivity index (χ1v) is 9.07. The Kier molecular flexibility index (Phi) is 4.71. The summed E-state index contributed by atoms with van der Waals surface area (Å²) in [6, 6.07) is 4.74. The average molecular weight is 346 g/mol. The molecule has 0 aromatic carbocycles. The van der Waals surface area contributed by atoms with Gasteiger partial charge < -0.3 is 10.6 Å². The van der Waals surface area contributed by atoms with Gasteiger partial charge in [0.25, 0.3) is 5.56 Å². The minimum absolute atomic E-state index is 0.0705. The van der Waals surface area contributed by atoms with Crippen LogP contribution in [0, 0.1) is 5.92 Å². The Morgan fingerprint density at radius 2 is 2.29 bits per heavy atom. The molecule has 1 aliphatic heterocycles. The van der Waals surface area contributed by atoms with Gasteiger partial charge in [0.2, 0.25) is 5.91 Å². The topological polar surface area (TPSA) is 81.2 Å². The number of hydrogen-bond acceptors (Lipinski definition) is 5. The minimum atomic E-state index is -0.662. The summed E-state index contributed by atoms with van der Waals surface area (Å²) in [6.07, 6.45) is 2.14. The number of nitrogen functional groups attached to an aromatic ring is 1. The lowest BCUT2D eigenvalue weighted by Crippen LogP contribution is -2.44. The molecule has 128 valence electrons. The lowest BCUT2D eigenvalue weighted by Gasteiger charge is -2.32. The zero-order valence-corrected chi connectivity index (χ0v) is 14.8. The fraction of sp³-hybridized carbons (Fsp3) is 0.471. The molecule has 0 bridgehead atoms. The van der Waals surface area contributed by atoms with Crippen molar-refractivity contribution in [2.24, 2.45) is 5.92 Å². The van der Waals surface area contributed by atoms with Crippen LogP contribution in [0.15, 0.2) is 28.4 Å². The van der Waals surface area contributed by atoms with Gasteiger partial charge in [-0.05, 0) is 43.2 Å². The molecule has 24 heavy (non-hydrogen) atoms. The number of anilines is 1. The van der Waals surface area contributed by atoms with Crippen molar-refractivity contribution in [3.63, 3.8) is 0 Å². The number of likely N-dealkylation sites (tertiary alicyclic amines) is 1. The van der Waals surface area contributed by atoms with Gasteiger partial charge in [-0.1, -0.05) is 13.0 Å².